The summed E-state index contributed by atoms with van der Waals surface area (Å²) < 4.78 is 2.33. The third-order valence-corrected chi connectivity index (χ3v) is 6.21. The Balaban J connectivity index is 1.30. The summed E-state index contributed by atoms with van der Waals surface area (Å²) in [4.78, 5) is 22.2. The third kappa shape index (κ3) is 4.30. The molecule has 162 valence electrons. The normalized spacial score (nSPS) is 14.7. The Morgan fingerprint density at radius 2 is 1.59 bits per heavy atom. The van der Waals surface area contributed by atoms with Crippen LogP contribution in [0, 0.1) is 6.92 Å². The molecule has 4 aromatic rings. The fraction of sp³-hybridized carbons (Fsp3) is 0.259. The van der Waals surface area contributed by atoms with Gasteiger partial charge in [0.2, 0.25) is 0 Å². The Morgan fingerprint density at radius 1 is 0.844 bits per heavy atom. The van der Waals surface area contributed by atoms with E-state index in [1.54, 1.807) is 0 Å². The van der Waals surface area contributed by atoms with Crippen LogP contribution in [0.4, 0.5) is 0 Å². The molecule has 1 aliphatic rings. The molecule has 0 bridgehead atoms. The highest BCUT2D eigenvalue weighted by atomic mass is 16.2. The highest BCUT2D eigenvalue weighted by Gasteiger charge is 2.23. The zero-order valence-electron chi connectivity index (χ0n) is 18.4. The minimum atomic E-state index is 0.129. The number of amides is 1. The first-order valence-corrected chi connectivity index (χ1v) is 11.2. The fourth-order valence-electron chi connectivity index (χ4n) is 4.46. The summed E-state index contributed by atoms with van der Waals surface area (Å²) in [7, 11) is 0. The van der Waals surface area contributed by atoms with Gasteiger partial charge in [-0.15, -0.1) is 0 Å². The number of fused-ring (bicyclic) bond motifs is 1. The molecular formula is C27H28N4O. The zero-order chi connectivity index (χ0) is 21.9. The number of carbonyl (C=O) groups excluding carboxylic acids is 1. The number of hydrogen-bond acceptors (Lipinski definition) is 3. The predicted molar refractivity (Wildman–Crippen MR) is 128 cm³/mol. The van der Waals surface area contributed by atoms with Crippen molar-refractivity contribution in [2.24, 2.45) is 0 Å². The van der Waals surface area contributed by atoms with Crippen LogP contribution in [0.5, 0.6) is 0 Å². The van der Waals surface area contributed by atoms with Gasteiger partial charge in [0.1, 0.15) is 5.82 Å². The van der Waals surface area contributed by atoms with E-state index in [9.17, 15) is 4.79 Å². The molecule has 5 rings (SSSR count). The molecule has 1 amide bonds. The second-order valence-corrected chi connectivity index (χ2v) is 8.53. The van der Waals surface area contributed by atoms with Crippen LogP contribution in [-0.4, -0.2) is 51.4 Å². The maximum atomic E-state index is 12.9. The van der Waals surface area contributed by atoms with Gasteiger partial charge in [0.15, 0.2) is 0 Å². The summed E-state index contributed by atoms with van der Waals surface area (Å²) in [6, 6.07) is 26.7. The summed E-state index contributed by atoms with van der Waals surface area (Å²) in [6.45, 7) is 6.81. The number of aryl methyl sites for hydroxylation is 1. The van der Waals surface area contributed by atoms with Gasteiger partial charge in [-0.3, -0.25) is 9.69 Å². The Labute approximate surface area is 188 Å². The number of imidazole rings is 1. The molecule has 0 aliphatic carbocycles. The van der Waals surface area contributed by atoms with Crippen molar-refractivity contribution in [2.45, 2.75) is 20.0 Å². The molecule has 0 atom stereocenters. The molecular weight excluding hydrogens is 396 g/mol. The molecule has 1 aromatic heterocycles. The molecule has 1 saturated heterocycles. The van der Waals surface area contributed by atoms with Crippen molar-refractivity contribution in [3.05, 3.63) is 101 Å². The molecule has 5 heteroatoms. The molecule has 0 saturated carbocycles. The van der Waals surface area contributed by atoms with E-state index >= 15 is 0 Å². The average Bonchev–Trinajstić information content (AvgIpc) is 3.16. The van der Waals surface area contributed by atoms with Gasteiger partial charge in [0.25, 0.3) is 5.91 Å². The van der Waals surface area contributed by atoms with Crippen molar-refractivity contribution in [1.82, 2.24) is 19.4 Å². The highest BCUT2D eigenvalue weighted by Crippen LogP contribution is 2.20. The van der Waals surface area contributed by atoms with E-state index in [1.165, 1.54) is 11.1 Å². The van der Waals surface area contributed by atoms with Gasteiger partial charge in [-0.25, -0.2) is 4.98 Å². The van der Waals surface area contributed by atoms with Crippen molar-refractivity contribution in [2.75, 3.05) is 26.2 Å². The summed E-state index contributed by atoms with van der Waals surface area (Å²) in [5.74, 6) is 1.21. The number of hydrogen-bond donors (Lipinski definition) is 0. The van der Waals surface area contributed by atoms with Crippen molar-refractivity contribution in [1.29, 1.82) is 0 Å². The number of nitrogens with zero attached hydrogens (tertiary/aromatic N) is 4. The SMILES string of the molecule is Cc1cccc(C(=O)N2CCN(Cc3nc4ccccc4n3Cc3ccccc3)CC2)c1. The number of benzene rings is 3. The fourth-order valence-corrected chi connectivity index (χ4v) is 4.46. The summed E-state index contributed by atoms with van der Waals surface area (Å²) in [5, 5.41) is 0. The number of carbonyl (C=O) groups is 1. The summed E-state index contributed by atoms with van der Waals surface area (Å²) in [6.07, 6.45) is 0. The lowest BCUT2D eigenvalue weighted by molar-refractivity contribution is 0.0624. The first-order valence-electron chi connectivity index (χ1n) is 11.2. The third-order valence-electron chi connectivity index (χ3n) is 6.21. The molecule has 2 heterocycles. The Kier molecular flexibility index (Phi) is 5.73. The lowest BCUT2D eigenvalue weighted by atomic mass is 10.1. The molecule has 1 fully saturated rings. The van der Waals surface area contributed by atoms with E-state index in [1.807, 2.05) is 48.2 Å². The number of aromatic nitrogens is 2. The van der Waals surface area contributed by atoms with E-state index in [-0.39, 0.29) is 5.91 Å². The Morgan fingerprint density at radius 3 is 2.38 bits per heavy atom. The smallest absolute Gasteiger partial charge is 0.253 e. The van der Waals surface area contributed by atoms with E-state index in [4.69, 9.17) is 4.98 Å². The van der Waals surface area contributed by atoms with E-state index in [0.717, 1.165) is 61.7 Å². The van der Waals surface area contributed by atoms with E-state index in [2.05, 4.69) is 51.9 Å². The van der Waals surface area contributed by atoms with Gasteiger partial charge in [-0.1, -0.05) is 60.2 Å². The largest absolute Gasteiger partial charge is 0.336 e. The highest BCUT2D eigenvalue weighted by molar-refractivity contribution is 5.94. The van der Waals surface area contributed by atoms with Crippen LogP contribution in [0.3, 0.4) is 0 Å². The van der Waals surface area contributed by atoms with Crippen LogP contribution >= 0.6 is 0 Å². The standard InChI is InChI=1S/C27H28N4O/c1-21-8-7-11-23(18-21)27(32)30-16-14-29(15-17-30)20-26-28-24-12-5-6-13-25(24)31(26)19-22-9-3-2-4-10-22/h2-13,18H,14-17,19-20H2,1H3. The maximum absolute atomic E-state index is 12.9. The van der Waals surface area contributed by atoms with Crippen molar-refractivity contribution >= 4 is 16.9 Å². The van der Waals surface area contributed by atoms with Gasteiger partial charge in [-0.2, -0.15) is 0 Å². The van der Waals surface area contributed by atoms with Crippen LogP contribution < -0.4 is 0 Å². The molecule has 5 nitrogen and oxygen atoms in total. The molecule has 0 N–H and O–H groups in total. The number of para-hydroxylation sites is 2. The summed E-state index contributed by atoms with van der Waals surface area (Å²) >= 11 is 0. The van der Waals surface area contributed by atoms with Crippen molar-refractivity contribution < 1.29 is 4.79 Å². The predicted octanol–water partition coefficient (Wildman–Crippen LogP) is 4.35. The first kappa shape index (κ1) is 20.5. The monoisotopic (exact) mass is 424 g/mol. The van der Waals surface area contributed by atoms with Crippen LogP contribution in [0.15, 0.2) is 78.9 Å². The van der Waals surface area contributed by atoms with Crippen LogP contribution in [0.25, 0.3) is 11.0 Å². The average molecular weight is 425 g/mol. The minimum absolute atomic E-state index is 0.129. The Hall–Kier alpha value is -3.44. The minimum Gasteiger partial charge on any atom is -0.336 e. The maximum Gasteiger partial charge on any atom is 0.253 e. The molecule has 3 aromatic carbocycles. The van der Waals surface area contributed by atoms with Gasteiger partial charge in [0.05, 0.1) is 17.6 Å². The van der Waals surface area contributed by atoms with E-state index < -0.39 is 0 Å². The second-order valence-electron chi connectivity index (χ2n) is 8.53. The van der Waals surface area contributed by atoms with Crippen LogP contribution in [0.2, 0.25) is 0 Å². The van der Waals surface area contributed by atoms with Gasteiger partial charge in [-0.05, 0) is 36.8 Å². The van der Waals surface area contributed by atoms with Gasteiger partial charge in [0, 0.05) is 38.3 Å². The zero-order valence-corrected chi connectivity index (χ0v) is 18.4. The molecule has 0 spiro atoms. The topological polar surface area (TPSA) is 41.4 Å². The van der Waals surface area contributed by atoms with Gasteiger partial charge >= 0.3 is 0 Å². The quantitative estimate of drug-likeness (QED) is 0.478. The molecule has 1 aliphatic heterocycles. The summed E-state index contributed by atoms with van der Waals surface area (Å²) in [5.41, 5.74) is 5.37. The van der Waals surface area contributed by atoms with Crippen LogP contribution in [0.1, 0.15) is 27.3 Å². The molecule has 0 unspecified atom stereocenters. The van der Waals surface area contributed by atoms with Crippen LogP contribution in [-0.2, 0) is 13.1 Å². The molecule has 0 radical (unpaired) electrons. The van der Waals surface area contributed by atoms with Crippen molar-refractivity contribution in [3.63, 3.8) is 0 Å². The number of rotatable bonds is 5. The van der Waals surface area contributed by atoms with Gasteiger partial charge < -0.3 is 9.47 Å². The number of piperazine rings is 1. The molecule has 32 heavy (non-hydrogen) atoms. The van der Waals surface area contributed by atoms with E-state index in [0.29, 0.717) is 0 Å². The lowest BCUT2D eigenvalue weighted by Crippen LogP contribution is -2.48. The first-order chi connectivity index (χ1) is 15.7. The lowest BCUT2D eigenvalue weighted by Gasteiger charge is -2.34. The Bertz CT molecular complexity index is 1220. The second kappa shape index (κ2) is 8.97. The van der Waals surface area contributed by atoms with Crippen molar-refractivity contribution in [3.8, 4) is 0 Å².